The zero-order chi connectivity index (χ0) is 14.5. The van der Waals surface area contributed by atoms with Crippen LogP contribution in [0.2, 0.25) is 0 Å². The first-order valence-electron chi connectivity index (χ1n) is 5.85. The van der Waals surface area contributed by atoms with Crippen molar-refractivity contribution in [2.45, 2.75) is 6.61 Å². The molecule has 2 aromatic rings. The number of nitrogen functional groups attached to an aromatic ring is 1. The number of nitrogens with two attached hydrogens (primary N) is 1. The van der Waals surface area contributed by atoms with Crippen molar-refractivity contribution in [3.63, 3.8) is 0 Å². The number of carboxylic acids is 1. The second-order valence-corrected chi connectivity index (χ2v) is 4.02. The van der Waals surface area contributed by atoms with Gasteiger partial charge in [-0.2, -0.15) is 0 Å². The number of carbonyl (C=O) groups is 1. The van der Waals surface area contributed by atoms with Gasteiger partial charge in [-0.25, -0.2) is 9.78 Å². The first-order chi connectivity index (χ1) is 9.61. The fourth-order valence-corrected chi connectivity index (χ4v) is 1.71. The van der Waals surface area contributed by atoms with Crippen LogP contribution in [0.15, 0.2) is 36.5 Å². The maximum Gasteiger partial charge on any atom is 0.339 e. The molecule has 1 aromatic heterocycles. The number of methoxy groups -OCH3 is 1. The molecule has 0 aliphatic rings. The number of pyridine rings is 1. The molecule has 0 spiro atoms. The van der Waals surface area contributed by atoms with Gasteiger partial charge in [-0.3, -0.25) is 0 Å². The van der Waals surface area contributed by atoms with Crippen LogP contribution >= 0.6 is 0 Å². The largest absolute Gasteiger partial charge is 0.488 e. The van der Waals surface area contributed by atoms with Crippen LogP contribution in [0.25, 0.3) is 0 Å². The molecule has 2 rings (SSSR count). The smallest absolute Gasteiger partial charge is 0.339 e. The molecule has 0 bridgehead atoms. The third-order valence-corrected chi connectivity index (χ3v) is 2.66. The molecular formula is C14H14N2O4. The monoisotopic (exact) mass is 274 g/mol. The third-order valence-electron chi connectivity index (χ3n) is 2.66. The Bertz CT molecular complexity index is 628. The minimum atomic E-state index is -1.07. The minimum absolute atomic E-state index is 0.0575. The Labute approximate surface area is 115 Å². The summed E-state index contributed by atoms with van der Waals surface area (Å²) in [6, 6.07) is 7.94. The Hall–Kier alpha value is -2.76. The number of benzene rings is 1. The molecule has 0 radical (unpaired) electrons. The first kappa shape index (κ1) is 13.7. The van der Waals surface area contributed by atoms with Crippen LogP contribution in [0, 0.1) is 0 Å². The predicted octanol–water partition coefficient (Wildman–Crippen LogP) is 1.95. The minimum Gasteiger partial charge on any atom is -0.488 e. The number of nitrogens with zero attached hydrogens (tertiary/aromatic N) is 1. The van der Waals surface area contributed by atoms with Crippen molar-refractivity contribution in [3.8, 4) is 11.6 Å². The van der Waals surface area contributed by atoms with E-state index in [0.29, 0.717) is 17.1 Å². The molecule has 0 fully saturated rings. The summed E-state index contributed by atoms with van der Waals surface area (Å²) < 4.78 is 10.6. The van der Waals surface area contributed by atoms with Gasteiger partial charge in [-0.1, -0.05) is 0 Å². The van der Waals surface area contributed by atoms with E-state index in [2.05, 4.69) is 4.98 Å². The number of aromatic carboxylic acids is 1. The second-order valence-electron chi connectivity index (χ2n) is 4.02. The Morgan fingerprint density at radius 3 is 2.90 bits per heavy atom. The fraction of sp³-hybridized carbons (Fsp3) is 0.143. The maximum absolute atomic E-state index is 11.1. The van der Waals surface area contributed by atoms with Gasteiger partial charge in [0.15, 0.2) is 0 Å². The molecular weight excluding hydrogens is 260 g/mol. The lowest BCUT2D eigenvalue weighted by Gasteiger charge is -2.11. The van der Waals surface area contributed by atoms with E-state index in [0.717, 1.165) is 0 Å². The molecule has 0 atom stereocenters. The molecule has 6 heteroatoms. The Morgan fingerprint density at radius 2 is 2.20 bits per heavy atom. The number of rotatable bonds is 5. The molecule has 0 saturated heterocycles. The van der Waals surface area contributed by atoms with E-state index in [4.69, 9.17) is 20.3 Å². The van der Waals surface area contributed by atoms with Crippen molar-refractivity contribution in [3.05, 3.63) is 47.7 Å². The highest BCUT2D eigenvalue weighted by atomic mass is 16.5. The number of hydrogen-bond acceptors (Lipinski definition) is 5. The van der Waals surface area contributed by atoms with Crippen molar-refractivity contribution in [1.29, 1.82) is 0 Å². The molecule has 0 unspecified atom stereocenters. The van der Waals surface area contributed by atoms with Crippen molar-refractivity contribution in [1.82, 2.24) is 4.98 Å². The van der Waals surface area contributed by atoms with Gasteiger partial charge in [-0.05, 0) is 24.3 Å². The average Bonchev–Trinajstić information content (AvgIpc) is 2.45. The highest BCUT2D eigenvalue weighted by Crippen LogP contribution is 2.24. The van der Waals surface area contributed by atoms with E-state index in [1.807, 2.05) is 0 Å². The number of ether oxygens (including phenoxy) is 2. The molecule has 1 heterocycles. The lowest BCUT2D eigenvalue weighted by Crippen LogP contribution is -2.05. The molecule has 0 saturated carbocycles. The average molecular weight is 274 g/mol. The van der Waals surface area contributed by atoms with Crippen LogP contribution < -0.4 is 15.2 Å². The first-order valence-corrected chi connectivity index (χ1v) is 5.85. The van der Waals surface area contributed by atoms with Gasteiger partial charge in [-0.15, -0.1) is 0 Å². The van der Waals surface area contributed by atoms with Crippen molar-refractivity contribution in [2.75, 3.05) is 12.8 Å². The molecule has 6 nitrogen and oxygen atoms in total. The van der Waals surface area contributed by atoms with Crippen LogP contribution in [0.5, 0.6) is 11.6 Å². The van der Waals surface area contributed by atoms with Crippen LogP contribution in [0.3, 0.4) is 0 Å². The van der Waals surface area contributed by atoms with Gasteiger partial charge in [0.05, 0.1) is 12.7 Å². The van der Waals surface area contributed by atoms with Crippen LogP contribution in [0.1, 0.15) is 15.9 Å². The van der Waals surface area contributed by atoms with E-state index in [1.165, 1.54) is 25.3 Å². The number of anilines is 1. The summed E-state index contributed by atoms with van der Waals surface area (Å²) in [6.45, 7) is 0.140. The van der Waals surface area contributed by atoms with Crippen molar-refractivity contribution in [2.24, 2.45) is 0 Å². The van der Waals surface area contributed by atoms with Crippen LogP contribution in [-0.2, 0) is 6.61 Å². The maximum atomic E-state index is 11.1. The van der Waals surface area contributed by atoms with E-state index >= 15 is 0 Å². The third kappa shape index (κ3) is 2.97. The number of aromatic nitrogens is 1. The summed E-state index contributed by atoms with van der Waals surface area (Å²) in [7, 11) is 1.51. The summed E-state index contributed by atoms with van der Waals surface area (Å²) >= 11 is 0. The van der Waals surface area contributed by atoms with E-state index in [9.17, 15) is 4.79 Å². The summed E-state index contributed by atoms with van der Waals surface area (Å²) in [5.41, 5.74) is 6.85. The number of carboxylic acid groups (broad SMARTS) is 1. The highest BCUT2D eigenvalue weighted by molar-refractivity contribution is 5.91. The molecule has 1 aromatic carbocycles. The second kappa shape index (κ2) is 5.92. The quantitative estimate of drug-likeness (QED) is 0.809. The normalized spacial score (nSPS) is 10.1. The van der Waals surface area contributed by atoms with Gasteiger partial charge in [0, 0.05) is 18.0 Å². The fourth-order valence-electron chi connectivity index (χ4n) is 1.71. The topological polar surface area (TPSA) is 94.7 Å². The van der Waals surface area contributed by atoms with Gasteiger partial charge < -0.3 is 20.3 Å². The van der Waals surface area contributed by atoms with E-state index in [1.54, 1.807) is 18.3 Å². The van der Waals surface area contributed by atoms with E-state index < -0.39 is 5.97 Å². The zero-order valence-corrected chi connectivity index (χ0v) is 10.9. The molecule has 20 heavy (non-hydrogen) atoms. The Balaban J connectivity index is 2.22. The lowest BCUT2D eigenvalue weighted by molar-refractivity contribution is 0.0692. The highest BCUT2D eigenvalue weighted by Gasteiger charge is 2.12. The van der Waals surface area contributed by atoms with Gasteiger partial charge >= 0.3 is 5.97 Å². The van der Waals surface area contributed by atoms with Gasteiger partial charge in [0.1, 0.15) is 17.9 Å². The van der Waals surface area contributed by atoms with Crippen LogP contribution in [-0.4, -0.2) is 23.2 Å². The van der Waals surface area contributed by atoms with Gasteiger partial charge in [0.25, 0.3) is 0 Å². The zero-order valence-electron chi connectivity index (χ0n) is 10.9. The molecule has 104 valence electrons. The lowest BCUT2D eigenvalue weighted by atomic mass is 10.2. The summed E-state index contributed by atoms with van der Waals surface area (Å²) in [6.07, 6.45) is 1.60. The molecule has 0 amide bonds. The van der Waals surface area contributed by atoms with Crippen molar-refractivity contribution < 1.29 is 19.4 Å². The predicted molar refractivity (Wildman–Crippen MR) is 72.9 cm³/mol. The van der Waals surface area contributed by atoms with Crippen LogP contribution in [0.4, 0.5) is 5.69 Å². The number of hydrogen-bond donors (Lipinski definition) is 2. The molecule has 3 N–H and O–H groups in total. The summed E-state index contributed by atoms with van der Waals surface area (Å²) in [5, 5.41) is 9.10. The van der Waals surface area contributed by atoms with E-state index in [-0.39, 0.29) is 17.9 Å². The van der Waals surface area contributed by atoms with Gasteiger partial charge in [0.2, 0.25) is 5.88 Å². The Kier molecular flexibility index (Phi) is 4.05. The molecule has 0 aliphatic carbocycles. The van der Waals surface area contributed by atoms with Crippen molar-refractivity contribution >= 4 is 11.7 Å². The Morgan fingerprint density at radius 1 is 1.40 bits per heavy atom. The molecule has 0 aliphatic heterocycles. The standard InChI is InChI=1S/C14H14N2O4/c1-19-13-9(3-2-6-16-13)8-20-12-7-10(15)4-5-11(12)14(17)18/h2-7H,8,15H2,1H3,(H,17,18). The summed E-state index contributed by atoms with van der Waals surface area (Å²) in [5.74, 6) is -0.421. The summed E-state index contributed by atoms with van der Waals surface area (Å²) in [4.78, 5) is 15.2. The SMILES string of the molecule is COc1ncccc1COc1cc(N)ccc1C(=O)O.